The third-order valence-electron chi connectivity index (χ3n) is 4.05. The minimum atomic E-state index is -0.139. The Bertz CT molecular complexity index is 965. The van der Waals surface area contributed by atoms with E-state index in [4.69, 9.17) is 4.74 Å². The molecule has 0 atom stereocenters. The molecule has 1 aromatic heterocycles. The molecule has 4 rings (SSSR count). The molecular weight excluding hydrogens is 334 g/mol. The molecule has 0 bridgehead atoms. The van der Waals surface area contributed by atoms with Gasteiger partial charge >= 0.3 is 0 Å². The van der Waals surface area contributed by atoms with Crippen LogP contribution in [0.3, 0.4) is 0 Å². The SMILES string of the molecule is Cc1ccc(C)c(Nc2nc(-c3ccc4c(c3)NC(=O)CO4)cs2)c1. The highest BCUT2D eigenvalue weighted by molar-refractivity contribution is 7.14. The second kappa shape index (κ2) is 6.22. The molecule has 126 valence electrons. The van der Waals surface area contributed by atoms with Crippen LogP contribution in [0, 0.1) is 13.8 Å². The van der Waals surface area contributed by atoms with Crippen LogP contribution in [0.1, 0.15) is 11.1 Å². The summed E-state index contributed by atoms with van der Waals surface area (Å²) in [7, 11) is 0. The number of hydrogen-bond donors (Lipinski definition) is 2. The van der Waals surface area contributed by atoms with E-state index in [0.717, 1.165) is 22.1 Å². The lowest BCUT2D eigenvalue weighted by molar-refractivity contribution is -0.118. The predicted octanol–water partition coefficient (Wildman–Crippen LogP) is 4.50. The summed E-state index contributed by atoms with van der Waals surface area (Å²) in [6, 6.07) is 12.0. The number of fused-ring (bicyclic) bond motifs is 1. The highest BCUT2D eigenvalue weighted by Crippen LogP contribution is 2.34. The first kappa shape index (κ1) is 15.7. The Morgan fingerprint density at radius 1 is 1.20 bits per heavy atom. The summed E-state index contributed by atoms with van der Waals surface area (Å²) < 4.78 is 5.39. The Morgan fingerprint density at radius 3 is 2.96 bits per heavy atom. The van der Waals surface area contributed by atoms with Gasteiger partial charge in [-0.2, -0.15) is 0 Å². The maximum absolute atomic E-state index is 11.5. The number of aryl methyl sites for hydroxylation is 2. The van der Waals surface area contributed by atoms with E-state index < -0.39 is 0 Å². The molecule has 5 nitrogen and oxygen atoms in total. The van der Waals surface area contributed by atoms with Gasteiger partial charge in [-0.25, -0.2) is 4.98 Å². The van der Waals surface area contributed by atoms with Crippen molar-refractivity contribution in [3.63, 3.8) is 0 Å². The molecule has 2 heterocycles. The molecule has 0 radical (unpaired) electrons. The lowest BCUT2D eigenvalue weighted by Gasteiger charge is -2.18. The van der Waals surface area contributed by atoms with E-state index in [2.05, 4.69) is 47.7 Å². The molecule has 3 aromatic rings. The van der Waals surface area contributed by atoms with E-state index in [1.165, 1.54) is 11.1 Å². The van der Waals surface area contributed by atoms with E-state index in [9.17, 15) is 4.79 Å². The van der Waals surface area contributed by atoms with Crippen LogP contribution in [0.15, 0.2) is 41.8 Å². The van der Waals surface area contributed by atoms with Crippen LogP contribution >= 0.6 is 11.3 Å². The Morgan fingerprint density at radius 2 is 2.08 bits per heavy atom. The second-order valence-corrected chi connectivity index (χ2v) is 6.89. The number of rotatable bonds is 3. The van der Waals surface area contributed by atoms with Crippen molar-refractivity contribution in [1.29, 1.82) is 0 Å². The van der Waals surface area contributed by atoms with Gasteiger partial charge in [0.25, 0.3) is 5.91 Å². The lowest BCUT2D eigenvalue weighted by atomic mass is 10.1. The van der Waals surface area contributed by atoms with Gasteiger partial charge in [0, 0.05) is 16.6 Å². The quantitative estimate of drug-likeness (QED) is 0.729. The summed E-state index contributed by atoms with van der Waals surface area (Å²) >= 11 is 1.55. The molecule has 0 spiro atoms. The summed E-state index contributed by atoms with van der Waals surface area (Å²) in [4.78, 5) is 16.1. The zero-order chi connectivity index (χ0) is 17.4. The molecule has 0 aliphatic carbocycles. The van der Waals surface area contributed by atoms with Crippen LogP contribution in [0.4, 0.5) is 16.5 Å². The summed E-state index contributed by atoms with van der Waals surface area (Å²) in [6.45, 7) is 4.21. The number of carbonyl (C=O) groups is 1. The predicted molar refractivity (Wildman–Crippen MR) is 101 cm³/mol. The Labute approximate surface area is 149 Å². The number of carbonyl (C=O) groups excluding carboxylic acids is 1. The highest BCUT2D eigenvalue weighted by atomic mass is 32.1. The third kappa shape index (κ3) is 3.21. The minimum absolute atomic E-state index is 0.0625. The number of hydrogen-bond acceptors (Lipinski definition) is 5. The fourth-order valence-corrected chi connectivity index (χ4v) is 3.42. The average molecular weight is 351 g/mol. The van der Waals surface area contributed by atoms with Crippen molar-refractivity contribution in [3.05, 3.63) is 52.9 Å². The normalized spacial score (nSPS) is 13.0. The molecule has 6 heteroatoms. The lowest BCUT2D eigenvalue weighted by Crippen LogP contribution is -2.25. The fourth-order valence-electron chi connectivity index (χ4n) is 2.69. The molecule has 0 saturated heterocycles. The van der Waals surface area contributed by atoms with Crippen LogP contribution in [-0.4, -0.2) is 17.5 Å². The smallest absolute Gasteiger partial charge is 0.262 e. The minimum Gasteiger partial charge on any atom is -0.482 e. The molecule has 2 aromatic carbocycles. The molecule has 1 amide bonds. The van der Waals surface area contributed by atoms with Gasteiger partial charge in [-0.05, 0) is 49.2 Å². The van der Waals surface area contributed by atoms with Gasteiger partial charge in [0.1, 0.15) is 5.75 Å². The number of anilines is 3. The van der Waals surface area contributed by atoms with Gasteiger partial charge < -0.3 is 15.4 Å². The highest BCUT2D eigenvalue weighted by Gasteiger charge is 2.17. The fraction of sp³-hybridized carbons (Fsp3) is 0.158. The Hall–Kier alpha value is -2.86. The number of thiazole rings is 1. The Balaban J connectivity index is 1.60. The van der Waals surface area contributed by atoms with Crippen LogP contribution in [0.25, 0.3) is 11.3 Å². The molecule has 25 heavy (non-hydrogen) atoms. The molecule has 2 N–H and O–H groups in total. The van der Waals surface area contributed by atoms with Crippen LogP contribution in [0.2, 0.25) is 0 Å². The van der Waals surface area contributed by atoms with Gasteiger partial charge in [-0.3, -0.25) is 4.79 Å². The zero-order valence-corrected chi connectivity index (χ0v) is 14.7. The zero-order valence-electron chi connectivity index (χ0n) is 13.9. The van der Waals surface area contributed by atoms with E-state index in [1.54, 1.807) is 11.3 Å². The van der Waals surface area contributed by atoms with Crippen molar-refractivity contribution < 1.29 is 9.53 Å². The van der Waals surface area contributed by atoms with Crippen LogP contribution in [0.5, 0.6) is 5.75 Å². The standard InChI is InChI=1S/C19H17N3O2S/c1-11-3-4-12(2)14(7-11)21-19-22-16(10-25-19)13-5-6-17-15(8-13)20-18(23)9-24-17/h3-8,10H,9H2,1-2H3,(H,20,23)(H,21,22). The average Bonchev–Trinajstić information content (AvgIpc) is 3.06. The van der Waals surface area contributed by atoms with Gasteiger partial charge in [-0.15, -0.1) is 11.3 Å². The number of aromatic nitrogens is 1. The maximum atomic E-state index is 11.5. The van der Waals surface area contributed by atoms with E-state index in [0.29, 0.717) is 11.4 Å². The third-order valence-corrected chi connectivity index (χ3v) is 4.80. The summed E-state index contributed by atoms with van der Waals surface area (Å²) in [5.41, 5.74) is 5.93. The summed E-state index contributed by atoms with van der Waals surface area (Å²) in [6.07, 6.45) is 0. The molecule has 0 fully saturated rings. The largest absolute Gasteiger partial charge is 0.482 e. The molecule has 0 unspecified atom stereocenters. The van der Waals surface area contributed by atoms with Gasteiger partial charge in [0.15, 0.2) is 11.7 Å². The molecule has 1 aliphatic heterocycles. The van der Waals surface area contributed by atoms with Gasteiger partial charge in [0.2, 0.25) is 0 Å². The first-order valence-electron chi connectivity index (χ1n) is 7.95. The Kier molecular flexibility index (Phi) is 3.89. The topological polar surface area (TPSA) is 63.2 Å². The maximum Gasteiger partial charge on any atom is 0.262 e. The van der Waals surface area contributed by atoms with Crippen molar-refractivity contribution in [2.24, 2.45) is 0 Å². The van der Waals surface area contributed by atoms with E-state index >= 15 is 0 Å². The number of ether oxygens (including phenoxy) is 1. The van der Waals surface area contributed by atoms with Crippen molar-refractivity contribution in [1.82, 2.24) is 4.98 Å². The number of nitrogens with one attached hydrogen (secondary N) is 2. The van der Waals surface area contributed by atoms with E-state index in [-0.39, 0.29) is 12.5 Å². The van der Waals surface area contributed by atoms with Crippen LogP contribution < -0.4 is 15.4 Å². The van der Waals surface area contributed by atoms with Gasteiger partial charge in [0.05, 0.1) is 11.4 Å². The molecule has 0 saturated carbocycles. The van der Waals surface area contributed by atoms with Crippen LogP contribution in [-0.2, 0) is 4.79 Å². The second-order valence-electron chi connectivity index (χ2n) is 6.03. The monoisotopic (exact) mass is 351 g/mol. The van der Waals surface area contributed by atoms with Gasteiger partial charge in [-0.1, -0.05) is 12.1 Å². The van der Waals surface area contributed by atoms with Crippen molar-refractivity contribution in [2.75, 3.05) is 17.2 Å². The number of amides is 1. The van der Waals surface area contributed by atoms with Crippen molar-refractivity contribution in [3.8, 4) is 17.0 Å². The first-order chi connectivity index (χ1) is 12.1. The first-order valence-corrected chi connectivity index (χ1v) is 8.83. The number of nitrogens with zero attached hydrogens (tertiary/aromatic N) is 1. The molecular formula is C19H17N3O2S. The van der Waals surface area contributed by atoms with Crippen molar-refractivity contribution >= 4 is 33.8 Å². The number of benzene rings is 2. The van der Waals surface area contributed by atoms with Crippen molar-refractivity contribution in [2.45, 2.75) is 13.8 Å². The molecule has 1 aliphatic rings. The summed E-state index contributed by atoms with van der Waals surface area (Å²) in [5.74, 6) is 0.549. The summed E-state index contributed by atoms with van der Waals surface area (Å²) in [5, 5.41) is 9.05. The van der Waals surface area contributed by atoms with E-state index in [1.807, 2.05) is 23.6 Å².